The van der Waals surface area contributed by atoms with Crippen LogP contribution in [0.5, 0.6) is 0 Å². The number of amides is 1. The van der Waals surface area contributed by atoms with Crippen LogP contribution >= 0.6 is 23.1 Å². The lowest BCUT2D eigenvalue weighted by Gasteiger charge is -2.23. The number of benzene rings is 2. The van der Waals surface area contributed by atoms with Gasteiger partial charge in [-0.15, -0.1) is 11.3 Å². The first-order valence-corrected chi connectivity index (χ1v) is 11.7. The summed E-state index contributed by atoms with van der Waals surface area (Å²) >= 11 is 2.12. The van der Waals surface area contributed by atoms with Crippen LogP contribution in [0.25, 0.3) is 0 Å². The van der Waals surface area contributed by atoms with Gasteiger partial charge in [0.05, 0.1) is 11.3 Å². The Hall–Kier alpha value is -2.65. The van der Waals surface area contributed by atoms with Crippen LogP contribution in [0.2, 0.25) is 0 Å². The fraction of sp³-hybridized carbons (Fsp3) is 0.273. The molecule has 0 radical (unpaired) electrons. The van der Waals surface area contributed by atoms with Gasteiger partial charge in [-0.3, -0.25) is 4.79 Å². The monoisotopic (exact) mass is 460 g/mol. The summed E-state index contributed by atoms with van der Waals surface area (Å²) in [7, 11) is 0. The molecule has 162 valence electrons. The van der Waals surface area contributed by atoms with Gasteiger partial charge in [0.25, 0.3) is 11.7 Å². The van der Waals surface area contributed by atoms with Crippen molar-refractivity contribution in [1.29, 1.82) is 0 Å². The van der Waals surface area contributed by atoms with E-state index in [-0.39, 0.29) is 5.91 Å². The van der Waals surface area contributed by atoms with Gasteiger partial charge in [-0.1, -0.05) is 23.9 Å². The molecule has 3 aromatic rings. The van der Waals surface area contributed by atoms with E-state index in [0.717, 1.165) is 30.3 Å². The van der Waals surface area contributed by atoms with Crippen LogP contribution in [-0.4, -0.2) is 47.7 Å². The van der Waals surface area contributed by atoms with Crippen molar-refractivity contribution in [1.82, 2.24) is 9.88 Å². The summed E-state index contributed by atoms with van der Waals surface area (Å²) in [6, 6.07) is 14.2. The normalized spacial score (nSPS) is 14.5. The number of thioether (sulfide) groups is 1. The average Bonchev–Trinajstić information content (AvgIpc) is 3.19. The third-order valence-corrected chi connectivity index (χ3v) is 6.54. The molecule has 0 bridgehead atoms. The summed E-state index contributed by atoms with van der Waals surface area (Å²) in [6.07, 6.45) is 2.68. The van der Waals surface area contributed by atoms with Crippen LogP contribution in [0.15, 0.2) is 65.0 Å². The first-order chi connectivity index (χ1) is 15.1. The fourth-order valence-corrected chi connectivity index (χ4v) is 4.70. The number of para-hydroxylation sites is 1. The van der Waals surface area contributed by atoms with E-state index in [1.807, 2.05) is 34.5 Å². The lowest BCUT2D eigenvalue weighted by atomic mass is 10.1. The predicted molar refractivity (Wildman–Crippen MR) is 123 cm³/mol. The molecule has 31 heavy (non-hydrogen) atoms. The van der Waals surface area contributed by atoms with E-state index in [0.29, 0.717) is 41.0 Å². The number of carbonyl (C=O) groups excluding carboxylic acids is 1. The zero-order valence-electron chi connectivity index (χ0n) is 16.7. The molecule has 1 aromatic heterocycles. The summed E-state index contributed by atoms with van der Waals surface area (Å²) in [6.45, 7) is 2.94. The van der Waals surface area contributed by atoms with Crippen LogP contribution in [0, 0.1) is 0 Å². The summed E-state index contributed by atoms with van der Waals surface area (Å²) in [5, 5.41) is 6.21. The molecule has 1 saturated heterocycles. The standard InChI is InChI=1S/C22H22F2N4OS2/c23-21(24)31-17-8-6-16(7-9-17)26-19-5-2-1-4-18(19)20(29)27-11-3-12-28(14-13-27)22-25-10-15-30-22/h1-2,4-10,15,21,26H,3,11-14H2. The average molecular weight is 461 g/mol. The minimum atomic E-state index is -2.45. The Bertz CT molecular complexity index is 999. The maximum absolute atomic E-state index is 13.3. The van der Waals surface area contributed by atoms with Crippen molar-refractivity contribution in [2.75, 3.05) is 36.4 Å². The zero-order valence-corrected chi connectivity index (χ0v) is 18.3. The van der Waals surface area contributed by atoms with E-state index < -0.39 is 5.76 Å². The van der Waals surface area contributed by atoms with Crippen molar-refractivity contribution in [2.24, 2.45) is 0 Å². The van der Waals surface area contributed by atoms with Crippen molar-refractivity contribution < 1.29 is 13.6 Å². The van der Waals surface area contributed by atoms with Crippen molar-refractivity contribution >= 4 is 45.5 Å². The number of nitrogens with one attached hydrogen (secondary N) is 1. The molecule has 2 aromatic carbocycles. The van der Waals surface area contributed by atoms with Crippen LogP contribution in [0.3, 0.4) is 0 Å². The molecule has 0 saturated carbocycles. The van der Waals surface area contributed by atoms with Crippen LogP contribution in [0.4, 0.5) is 25.3 Å². The molecular weight excluding hydrogens is 438 g/mol. The van der Waals surface area contributed by atoms with Gasteiger partial charge in [0.1, 0.15) is 0 Å². The summed E-state index contributed by atoms with van der Waals surface area (Å²) < 4.78 is 25.0. The van der Waals surface area contributed by atoms with E-state index in [1.165, 1.54) is 0 Å². The van der Waals surface area contributed by atoms with Gasteiger partial charge in [0, 0.05) is 48.3 Å². The minimum absolute atomic E-state index is 0.0195. The van der Waals surface area contributed by atoms with E-state index >= 15 is 0 Å². The van der Waals surface area contributed by atoms with Crippen LogP contribution in [-0.2, 0) is 0 Å². The Morgan fingerprint density at radius 3 is 2.61 bits per heavy atom. The number of carbonyl (C=O) groups is 1. The molecule has 5 nitrogen and oxygen atoms in total. The number of anilines is 3. The molecular formula is C22H22F2N4OS2. The molecule has 1 aliphatic rings. The molecule has 0 unspecified atom stereocenters. The van der Waals surface area contributed by atoms with E-state index in [9.17, 15) is 13.6 Å². The Balaban J connectivity index is 1.45. The van der Waals surface area contributed by atoms with Crippen LogP contribution in [0.1, 0.15) is 16.8 Å². The number of halogens is 2. The van der Waals surface area contributed by atoms with Gasteiger partial charge in [-0.2, -0.15) is 8.78 Å². The van der Waals surface area contributed by atoms with Crippen molar-refractivity contribution in [3.63, 3.8) is 0 Å². The molecule has 1 fully saturated rings. The molecule has 1 N–H and O–H groups in total. The quantitative estimate of drug-likeness (QED) is 0.489. The molecule has 0 spiro atoms. The third-order valence-electron chi connectivity index (χ3n) is 4.99. The molecule has 2 heterocycles. The van der Waals surface area contributed by atoms with Gasteiger partial charge >= 0.3 is 0 Å². The highest BCUT2D eigenvalue weighted by Gasteiger charge is 2.23. The van der Waals surface area contributed by atoms with E-state index in [1.54, 1.807) is 41.8 Å². The highest BCUT2D eigenvalue weighted by atomic mass is 32.2. The lowest BCUT2D eigenvalue weighted by Crippen LogP contribution is -2.35. The third kappa shape index (κ3) is 5.54. The number of nitrogens with zero attached hydrogens (tertiary/aromatic N) is 3. The summed E-state index contributed by atoms with van der Waals surface area (Å²) in [4.78, 5) is 22.3. The predicted octanol–water partition coefficient (Wildman–Crippen LogP) is 5.55. The fourth-order valence-electron chi connectivity index (χ4n) is 3.51. The van der Waals surface area contributed by atoms with E-state index in [4.69, 9.17) is 0 Å². The van der Waals surface area contributed by atoms with Crippen molar-refractivity contribution in [2.45, 2.75) is 17.1 Å². The smallest absolute Gasteiger partial charge is 0.288 e. The highest BCUT2D eigenvalue weighted by molar-refractivity contribution is 7.99. The molecule has 1 amide bonds. The number of hydrogen-bond donors (Lipinski definition) is 1. The number of thiazole rings is 1. The maximum atomic E-state index is 13.3. The molecule has 0 aliphatic carbocycles. The second kappa shape index (κ2) is 10.1. The first kappa shape index (κ1) is 21.6. The van der Waals surface area contributed by atoms with Gasteiger partial charge < -0.3 is 15.1 Å². The second-order valence-electron chi connectivity index (χ2n) is 7.02. The lowest BCUT2D eigenvalue weighted by molar-refractivity contribution is 0.0768. The van der Waals surface area contributed by atoms with Crippen LogP contribution < -0.4 is 10.2 Å². The SMILES string of the molecule is O=C(c1ccccc1Nc1ccc(SC(F)F)cc1)N1CCCN(c2nccs2)CC1. The summed E-state index contributed by atoms with van der Waals surface area (Å²) in [5.74, 6) is -2.47. The maximum Gasteiger partial charge on any atom is 0.288 e. The number of alkyl halides is 2. The van der Waals surface area contributed by atoms with E-state index in [2.05, 4.69) is 15.2 Å². The minimum Gasteiger partial charge on any atom is -0.355 e. The Kier molecular flexibility index (Phi) is 7.03. The van der Waals surface area contributed by atoms with Gasteiger partial charge in [-0.05, 0) is 42.8 Å². The van der Waals surface area contributed by atoms with Gasteiger partial charge in [0.15, 0.2) is 5.13 Å². The first-order valence-electron chi connectivity index (χ1n) is 9.95. The largest absolute Gasteiger partial charge is 0.355 e. The molecule has 1 aliphatic heterocycles. The topological polar surface area (TPSA) is 48.5 Å². The second-order valence-corrected chi connectivity index (χ2v) is 8.96. The van der Waals surface area contributed by atoms with Crippen molar-refractivity contribution in [3.05, 3.63) is 65.7 Å². The Labute approximate surface area is 188 Å². The molecule has 0 atom stereocenters. The number of hydrogen-bond acceptors (Lipinski definition) is 6. The Morgan fingerprint density at radius 2 is 1.87 bits per heavy atom. The molecule has 4 rings (SSSR count). The Morgan fingerprint density at radius 1 is 1.06 bits per heavy atom. The number of rotatable bonds is 6. The number of aromatic nitrogens is 1. The highest BCUT2D eigenvalue weighted by Crippen LogP contribution is 2.28. The van der Waals surface area contributed by atoms with Gasteiger partial charge in [-0.25, -0.2) is 4.98 Å². The molecule has 9 heteroatoms. The van der Waals surface area contributed by atoms with Gasteiger partial charge in [0.2, 0.25) is 0 Å². The van der Waals surface area contributed by atoms with Crippen molar-refractivity contribution in [3.8, 4) is 0 Å². The zero-order chi connectivity index (χ0) is 21.6. The summed E-state index contributed by atoms with van der Waals surface area (Å²) in [5.41, 5.74) is 2.03.